The number of hydrogen-bond acceptors (Lipinski definition) is 5. The molecule has 1 aliphatic rings. The van der Waals surface area contributed by atoms with Crippen LogP contribution in [0.4, 0.5) is 0 Å². The van der Waals surface area contributed by atoms with Gasteiger partial charge in [-0.15, -0.1) is 0 Å². The largest absolute Gasteiger partial charge is 0.409 e. The van der Waals surface area contributed by atoms with Crippen molar-refractivity contribution >= 4 is 5.84 Å². The van der Waals surface area contributed by atoms with E-state index in [0.29, 0.717) is 5.84 Å². The van der Waals surface area contributed by atoms with Crippen LogP contribution < -0.4 is 11.2 Å². The smallest absolute Gasteiger partial charge is 0.144 e. The molecule has 0 bridgehead atoms. The molecule has 0 saturated carbocycles. The first-order valence-electron chi connectivity index (χ1n) is 6.60. The highest BCUT2D eigenvalue weighted by molar-refractivity contribution is 5.85. The van der Waals surface area contributed by atoms with Crippen LogP contribution in [0.5, 0.6) is 0 Å². The summed E-state index contributed by atoms with van der Waals surface area (Å²) in [5, 5.41) is 14.0. The van der Waals surface area contributed by atoms with Crippen LogP contribution >= 0.6 is 0 Å². The number of hydrazine groups is 1. The molecule has 0 aromatic rings. The lowest BCUT2D eigenvalue weighted by Crippen LogP contribution is -2.46. The van der Waals surface area contributed by atoms with Gasteiger partial charge in [0.1, 0.15) is 5.84 Å². The minimum atomic E-state index is -0.228. The van der Waals surface area contributed by atoms with Crippen LogP contribution in [-0.2, 0) is 4.74 Å². The van der Waals surface area contributed by atoms with Crippen LogP contribution in [0, 0.1) is 5.41 Å². The molecule has 1 heterocycles. The molecule has 0 amide bonds. The van der Waals surface area contributed by atoms with E-state index in [4.69, 9.17) is 15.7 Å². The molecule has 0 atom stereocenters. The van der Waals surface area contributed by atoms with E-state index in [0.717, 1.165) is 52.1 Å². The Kier molecular flexibility index (Phi) is 6.38. The van der Waals surface area contributed by atoms with Gasteiger partial charge in [0.25, 0.3) is 0 Å². The lowest BCUT2D eigenvalue weighted by molar-refractivity contribution is 0.0118. The van der Waals surface area contributed by atoms with Crippen LogP contribution in [0.1, 0.15) is 33.1 Å². The zero-order chi connectivity index (χ0) is 13.4. The van der Waals surface area contributed by atoms with Crippen LogP contribution in [0.25, 0.3) is 0 Å². The van der Waals surface area contributed by atoms with Crippen molar-refractivity contribution in [2.45, 2.75) is 33.1 Å². The Bertz CT molecular complexity index is 263. The molecule has 6 nitrogen and oxygen atoms in total. The number of ether oxygens (including phenoxy) is 1. The summed E-state index contributed by atoms with van der Waals surface area (Å²) in [7, 11) is 0. The molecule has 0 spiro atoms. The van der Waals surface area contributed by atoms with Crippen molar-refractivity contribution in [2.24, 2.45) is 16.3 Å². The highest BCUT2D eigenvalue weighted by Gasteiger charge is 2.22. The Hall–Kier alpha value is -0.850. The first-order chi connectivity index (χ1) is 8.56. The minimum Gasteiger partial charge on any atom is -0.409 e. The van der Waals surface area contributed by atoms with E-state index >= 15 is 0 Å². The van der Waals surface area contributed by atoms with Gasteiger partial charge in [-0.1, -0.05) is 25.4 Å². The average Bonchev–Trinajstić information content (AvgIpc) is 2.38. The molecule has 106 valence electrons. The number of nitrogens with zero attached hydrogens (tertiary/aromatic N) is 2. The average molecular weight is 258 g/mol. The monoisotopic (exact) mass is 258 g/mol. The molecule has 0 aliphatic carbocycles. The molecule has 0 aromatic carbocycles. The summed E-state index contributed by atoms with van der Waals surface area (Å²) >= 11 is 0. The van der Waals surface area contributed by atoms with Crippen molar-refractivity contribution in [3.63, 3.8) is 0 Å². The summed E-state index contributed by atoms with van der Waals surface area (Å²) < 4.78 is 5.28. The van der Waals surface area contributed by atoms with Gasteiger partial charge in [0.05, 0.1) is 13.2 Å². The molecule has 18 heavy (non-hydrogen) atoms. The van der Waals surface area contributed by atoms with Crippen LogP contribution in [-0.4, -0.2) is 48.9 Å². The zero-order valence-corrected chi connectivity index (χ0v) is 11.5. The molecule has 4 N–H and O–H groups in total. The maximum atomic E-state index is 8.68. The number of nitrogens with two attached hydrogens (primary N) is 1. The Balaban J connectivity index is 2.07. The molecule has 1 aliphatic heterocycles. The van der Waals surface area contributed by atoms with Crippen LogP contribution in [0.2, 0.25) is 0 Å². The fourth-order valence-corrected chi connectivity index (χ4v) is 1.91. The van der Waals surface area contributed by atoms with Crippen molar-refractivity contribution in [3.05, 3.63) is 0 Å². The van der Waals surface area contributed by atoms with Gasteiger partial charge in [-0.3, -0.25) is 5.43 Å². The van der Waals surface area contributed by atoms with Crippen molar-refractivity contribution in [1.82, 2.24) is 10.4 Å². The third-order valence-corrected chi connectivity index (χ3v) is 3.38. The Morgan fingerprint density at radius 3 is 2.67 bits per heavy atom. The second kappa shape index (κ2) is 7.56. The van der Waals surface area contributed by atoms with Gasteiger partial charge in [-0.25, -0.2) is 5.01 Å². The standard InChI is InChI=1S/C12H26N4O2/c1-12(2,11(13)15-17)5-3-4-6-14-16-7-9-18-10-8-16/h14,17H,3-10H2,1-2H3,(H2,13,15). The quantitative estimate of drug-likeness (QED) is 0.206. The predicted molar refractivity (Wildman–Crippen MR) is 71.4 cm³/mol. The van der Waals surface area contributed by atoms with E-state index < -0.39 is 0 Å². The van der Waals surface area contributed by atoms with E-state index in [2.05, 4.69) is 15.6 Å². The van der Waals surface area contributed by atoms with Crippen LogP contribution in [0.15, 0.2) is 5.16 Å². The fourth-order valence-electron chi connectivity index (χ4n) is 1.91. The van der Waals surface area contributed by atoms with E-state index in [9.17, 15) is 0 Å². The number of unbranched alkanes of at least 4 members (excludes halogenated alkanes) is 1. The number of oxime groups is 1. The maximum Gasteiger partial charge on any atom is 0.144 e. The summed E-state index contributed by atoms with van der Waals surface area (Å²) in [5.74, 6) is 0.309. The first-order valence-corrected chi connectivity index (χ1v) is 6.60. The number of nitrogens with one attached hydrogen (secondary N) is 1. The summed E-state index contributed by atoms with van der Waals surface area (Å²) in [6, 6.07) is 0. The Labute approximate surface area is 109 Å². The molecule has 0 aromatic heterocycles. The molecule has 6 heteroatoms. The third kappa shape index (κ3) is 5.20. The summed E-state index contributed by atoms with van der Waals surface area (Å²) in [4.78, 5) is 0. The second-order valence-corrected chi connectivity index (χ2v) is 5.33. The van der Waals surface area contributed by atoms with E-state index in [1.165, 1.54) is 0 Å². The molecular formula is C12H26N4O2. The Morgan fingerprint density at radius 1 is 1.39 bits per heavy atom. The highest BCUT2D eigenvalue weighted by Crippen LogP contribution is 2.23. The molecule has 0 radical (unpaired) electrons. The summed E-state index contributed by atoms with van der Waals surface area (Å²) in [6.07, 6.45) is 3.06. The maximum absolute atomic E-state index is 8.68. The van der Waals surface area contributed by atoms with Gasteiger partial charge in [0.15, 0.2) is 0 Å². The normalized spacial score (nSPS) is 19.1. The number of morpholine rings is 1. The Morgan fingerprint density at radius 2 is 2.06 bits per heavy atom. The highest BCUT2D eigenvalue weighted by atomic mass is 16.5. The molecule has 1 rings (SSSR count). The van der Waals surface area contributed by atoms with Gasteiger partial charge >= 0.3 is 0 Å². The van der Waals surface area contributed by atoms with Gasteiger partial charge in [0, 0.05) is 25.0 Å². The van der Waals surface area contributed by atoms with Gasteiger partial charge in [-0.05, 0) is 12.8 Å². The van der Waals surface area contributed by atoms with Crippen molar-refractivity contribution in [3.8, 4) is 0 Å². The summed E-state index contributed by atoms with van der Waals surface area (Å²) in [5.41, 5.74) is 8.81. The number of rotatable bonds is 7. The van der Waals surface area contributed by atoms with E-state index in [1.54, 1.807) is 0 Å². The van der Waals surface area contributed by atoms with Crippen molar-refractivity contribution in [2.75, 3.05) is 32.8 Å². The van der Waals surface area contributed by atoms with Crippen molar-refractivity contribution in [1.29, 1.82) is 0 Å². The van der Waals surface area contributed by atoms with Gasteiger partial charge < -0.3 is 15.7 Å². The lowest BCUT2D eigenvalue weighted by Gasteiger charge is -2.27. The van der Waals surface area contributed by atoms with Crippen molar-refractivity contribution < 1.29 is 9.94 Å². The zero-order valence-electron chi connectivity index (χ0n) is 11.5. The van der Waals surface area contributed by atoms with E-state index in [1.807, 2.05) is 13.8 Å². The summed E-state index contributed by atoms with van der Waals surface area (Å²) in [6.45, 7) is 8.49. The molecule has 0 unspecified atom stereocenters. The first kappa shape index (κ1) is 15.2. The predicted octanol–water partition coefficient (Wildman–Crippen LogP) is 0.766. The minimum absolute atomic E-state index is 0.228. The molecule has 1 saturated heterocycles. The molecular weight excluding hydrogens is 232 g/mol. The van der Waals surface area contributed by atoms with Gasteiger partial charge in [-0.2, -0.15) is 0 Å². The topological polar surface area (TPSA) is 83.1 Å². The van der Waals surface area contributed by atoms with E-state index in [-0.39, 0.29) is 5.41 Å². The second-order valence-electron chi connectivity index (χ2n) is 5.33. The molecule has 1 fully saturated rings. The van der Waals surface area contributed by atoms with Crippen LogP contribution in [0.3, 0.4) is 0 Å². The third-order valence-electron chi connectivity index (χ3n) is 3.38. The fraction of sp³-hybridized carbons (Fsp3) is 0.917. The number of hydrogen-bond donors (Lipinski definition) is 3. The SMILES string of the molecule is CC(C)(CCCCNN1CCOCC1)C(N)=NO. The lowest BCUT2D eigenvalue weighted by atomic mass is 9.86. The number of amidine groups is 1. The van der Waals surface area contributed by atoms with Gasteiger partial charge in [0.2, 0.25) is 0 Å².